The lowest BCUT2D eigenvalue weighted by Gasteiger charge is -2.28. The first-order chi connectivity index (χ1) is 8.61. The van der Waals surface area contributed by atoms with E-state index in [9.17, 15) is 4.79 Å². The number of carbonyl (C=O) groups is 1. The van der Waals surface area contributed by atoms with Crippen LogP contribution in [0.15, 0.2) is 18.2 Å². The van der Waals surface area contributed by atoms with Crippen molar-refractivity contribution >= 4 is 17.3 Å². The summed E-state index contributed by atoms with van der Waals surface area (Å²) in [5.74, 6) is -0.246. The molecule has 18 heavy (non-hydrogen) atoms. The average molecular weight is 248 g/mol. The van der Waals surface area contributed by atoms with E-state index in [0.29, 0.717) is 0 Å². The van der Waals surface area contributed by atoms with Gasteiger partial charge in [-0.1, -0.05) is 0 Å². The number of aryl methyl sites for hydroxylation is 1. The molecule has 0 saturated heterocycles. The molecule has 0 amide bonds. The first kappa shape index (κ1) is 12.7. The van der Waals surface area contributed by atoms with Crippen molar-refractivity contribution in [3.63, 3.8) is 0 Å². The van der Waals surface area contributed by atoms with Crippen molar-refractivity contribution in [2.75, 3.05) is 30.9 Å². The van der Waals surface area contributed by atoms with Gasteiger partial charge in [0.15, 0.2) is 0 Å². The maximum Gasteiger partial charge on any atom is 0.327 e. The molecule has 1 N–H and O–H groups in total. The Bertz CT molecular complexity index is 445. The summed E-state index contributed by atoms with van der Waals surface area (Å²) in [5.41, 5.74) is 3.60. The molecule has 0 bridgehead atoms. The molecule has 1 heterocycles. The SMILES string of the molecule is COC(=O)C(C)Nc1ccc2c(c1)CCCN2C. The number of carbonyl (C=O) groups excluding carboxylic acids is 1. The summed E-state index contributed by atoms with van der Waals surface area (Å²) in [6.45, 7) is 2.91. The summed E-state index contributed by atoms with van der Waals surface area (Å²) in [4.78, 5) is 13.6. The highest BCUT2D eigenvalue weighted by atomic mass is 16.5. The van der Waals surface area contributed by atoms with Crippen LogP contribution in [0.3, 0.4) is 0 Å². The van der Waals surface area contributed by atoms with Gasteiger partial charge in [-0.2, -0.15) is 0 Å². The van der Waals surface area contributed by atoms with E-state index in [2.05, 4.69) is 29.4 Å². The third-order valence-electron chi connectivity index (χ3n) is 3.37. The van der Waals surface area contributed by atoms with E-state index in [1.165, 1.54) is 24.8 Å². The van der Waals surface area contributed by atoms with E-state index in [-0.39, 0.29) is 12.0 Å². The zero-order valence-corrected chi connectivity index (χ0v) is 11.2. The normalized spacial score (nSPS) is 15.8. The molecule has 2 rings (SSSR count). The van der Waals surface area contributed by atoms with Gasteiger partial charge in [-0.3, -0.25) is 0 Å². The number of ether oxygens (including phenoxy) is 1. The van der Waals surface area contributed by atoms with Gasteiger partial charge in [0.2, 0.25) is 0 Å². The summed E-state index contributed by atoms with van der Waals surface area (Å²) in [6, 6.07) is 5.93. The number of rotatable bonds is 3. The number of fused-ring (bicyclic) bond motifs is 1. The van der Waals surface area contributed by atoms with Crippen molar-refractivity contribution in [1.82, 2.24) is 0 Å². The zero-order valence-electron chi connectivity index (χ0n) is 11.2. The number of benzene rings is 1. The lowest BCUT2D eigenvalue weighted by Crippen LogP contribution is -2.28. The molecule has 1 aromatic rings. The fourth-order valence-corrected chi connectivity index (χ4v) is 2.36. The van der Waals surface area contributed by atoms with Crippen LogP contribution in [-0.2, 0) is 16.0 Å². The van der Waals surface area contributed by atoms with Gasteiger partial charge in [0.25, 0.3) is 0 Å². The molecule has 0 aromatic heterocycles. The number of esters is 1. The minimum atomic E-state index is -0.325. The van der Waals surface area contributed by atoms with Crippen molar-refractivity contribution in [1.29, 1.82) is 0 Å². The maximum absolute atomic E-state index is 11.4. The predicted molar refractivity (Wildman–Crippen MR) is 73.1 cm³/mol. The Morgan fingerprint density at radius 2 is 2.28 bits per heavy atom. The zero-order chi connectivity index (χ0) is 13.1. The van der Waals surface area contributed by atoms with Gasteiger partial charge in [0.05, 0.1) is 7.11 Å². The predicted octanol–water partition coefficient (Wildman–Crippen LogP) is 2.04. The second-order valence-electron chi connectivity index (χ2n) is 4.76. The van der Waals surface area contributed by atoms with Crippen LogP contribution in [0, 0.1) is 0 Å². The molecule has 98 valence electrons. The van der Waals surface area contributed by atoms with Gasteiger partial charge in [0, 0.05) is 25.0 Å². The van der Waals surface area contributed by atoms with Crippen LogP contribution in [0.5, 0.6) is 0 Å². The van der Waals surface area contributed by atoms with E-state index in [1.807, 2.05) is 6.07 Å². The Labute approximate surface area is 108 Å². The number of methoxy groups -OCH3 is 1. The van der Waals surface area contributed by atoms with Crippen LogP contribution in [-0.4, -0.2) is 32.7 Å². The third-order valence-corrected chi connectivity index (χ3v) is 3.37. The minimum absolute atomic E-state index is 0.246. The van der Waals surface area contributed by atoms with Crippen LogP contribution in [0.2, 0.25) is 0 Å². The molecule has 4 nitrogen and oxygen atoms in total. The smallest absolute Gasteiger partial charge is 0.327 e. The number of anilines is 2. The maximum atomic E-state index is 11.4. The quantitative estimate of drug-likeness (QED) is 0.831. The summed E-state index contributed by atoms with van der Waals surface area (Å²) in [5, 5.41) is 3.16. The number of nitrogens with one attached hydrogen (secondary N) is 1. The van der Waals surface area contributed by atoms with Gasteiger partial charge in [-0.15, -0.1) is 0 Å². The van der Waals surface area contributed by atoms with Crippen molar-refractivity contribution in [2.24, 2.45) is 0 Å². The van der Waals surface area contributed by atoms with E-state index in [1.54, 1.807) is 6.92 Å². The molecule has 0 fully saturated rings. The van der Waals surface area contributed by atoms with Crippen molar-refractivity contribution in [3.8, 4) is 0 Å². The first-order valence-corrected chi connectivity index (χ1v) is 6.30. The second kappa shape index (κ2) is 5.29. The van der Waals surface area contributed by atoms with Crippen molar-refractivity contribution in [2.45, 2.75) is 25.8 Å². The number of nitrogens with zero attached hydrogens (tertiary/aromatic N) is 1. The molecule has 0 spiro atoms. The summed E-state index contributed by atoms with van der Waals surface area (Å²) >= 11 is 0. The van der Waals surface area contributed by atoms with Crippen LogP contribution < -0.4 is 10.2 Å². The standard InChI is InChI=1S/C14H20N2O2/c1-10(14(17)18-3)15-12-6-7-13-11(9-12)5-4-8-16(13)2/h6-7,9-10,15H,4-5,8H2,1-3H3. The molecule has 1 aromatic carbocycles. The molecule has 4 heteroatoms. The van der Waals surface area contributed by atoms with E-state index in [0.717, 1.165) is 18.7 Å². The highest BCUT2D eigenvalue weighted by molar-refractivity contribution is 5.79. The van der Waals surface area contributed by atoms with Crippen molar-refractivity contribution < 1.29 is 9.53 Å². The van der Waals surface area contributed by atoms with Gasteiger partial charge in [0.1, 0.15) is 6.04 Å². The van der Waals surface area contributed by atoms with Crippen LogP contribution in [0.1, 0.15) is 18.9 Å². The summed E-state index contributed by atoms with van der Waals surface area (Å²) < 4.78 is 4.70. The average Bonchev–Trinajstić information content (AvgIpc) is 2.38. The Kier molecular flexibility index (Phi) is 3.75. The highest BCUT2D eigenvalue weighted by Gasteiger charge is 2.16. The number of hydrogen-bond acceptors (Lipinski definition) is 4. The van der Waals surface area contributed by atoms with Crippen molar-refractivity contribution in [3.05, 3.63) is 23.8 Å². The number of hydrogen-bond donors (Lipinski definition) is 1. The molecule has 0 saturated carbocycles. The van der Waals surface area contributed by atoms with Gasteiger partial charge in [-0.25, -0.2) is 4.79 Å². The molecule has 0 aliphatic carbocycles. The van der Waals surface area contributed by atoms with Gasteiger partial charge < -0.3 is 15.0 Å². The molecule has 1 aliphatic heterocycles. The minimum Gasteiger partial charge on any atom is -0.467 e. The van der Waals surface area contributed by atoms with E-state index < -0.39 is 0 Å². The van der Waals surface area contributed by atoms with Crippen LogP contribution in [0.25, 0.3) is 0 Å². The Hall–Kier alpha value is -1.71. The topological polar surface area (TPSA) is 41.6 Å². The fraction of sp³-hybridized carbons (Fsp3) is 0.500. The lowest BCUT2D eigenvalue weighted by molar-refractivity contribution is -0.141. The Morgan fingerprint density at radius 3 is 3.00 bits per heavy atom. The summed E-state index contributed by atoms with van der Waals surface area (Å²) in [7, 11) is 3.52. The highest BCUT2D eigenvalue weighted by Crippen LogP contribution is 2.28. The monoisotopic (exact) mass is 248 g/mol. The summed E-state index contributed by atoms with van der Waals surface area (Å²) in [6.07, 6.45) is 2.28. The van der Waals surface area contributed by atoms with Gasteiger partial charge in [-0.05, 0) is 43.5 Å². The largest absolute Gasteiger partial charge is 0.467 e. The fourth-order valence-electron chi connectivity index (χ4n) is 2.36. The lowest BCUT2D eigenvalue weighted by atomic mass is 10.0. The Balaban J connectivity index is 2.14. The first-order valence-electron chi connectivity index (χ1n) is 6.30. The van der Waals surface area contributed by atoms with Crippen LogP contribution in [0.4, 0.5) is 11.4 Å². The molecular formula is C14H20N2O2. The Morgan fingerprint density at radius 1 is 1.50 bits per heavy atom. The second-order valence-corrected chi connectivity index (χ2v) is 4.76. The molecule has 1 atom stereocenters. The molecule has 1 aliphatic rings. The van der Waals surface area contributed by atoms with Gasteiger partial charge >= 0.3 is 5.97 Å². The van der Waals surface area contributed by atoms with E-state index >= 15 is 0 Å². The molecular weight excluding hydrogens is 228 g/mol. The third kappa shape index (κ3) is 2.58. The van der Waals surface area contributed by atoms with E-state index in [4.69, 9.17) is 4.74 Å². The van der Waals surface area contributed by atoms with Crippen LogP contribution >= 0.6 is 0 Å². The molecule has 1 unspecified atom stereocenters. The molecule has 0 radical (unpaired) electrons.